The molecular formula is C48H78F10LiN11O10. The molecule has 5 saturated carbocycles. The number of alkyl halides is 10. The molecule has 6 fully saturated rings. The number of aliphatic carboxylic acids is 2. The van der Waals surface area contributed by atoms with Gasteiger partial charge in [-0.05, 0) is 124 Å². The van der Waals surface area contributed by atoms with Crippen molar-refractivity contribution in [1.82, 2.24) is 4.90 Å². The van der Waals surface area contributed by atoms with Gasteiger partial charge in [-0.1, -0.05) is 43.5 Å². The van der Waals surface area contributed by atoms with Gasteiger partial charge in [-0.3, -0.25) is 19.2 Å². The van der Waals surface area contributed by atoms with Crippen LogP contribution in [0.1, 0.15) is 170 Å². The SMILES string of the molecule is C.CC[C@H]1COC(=O)N1C(=O)[C@@H](N=[N+]=[N-])C1CCC(F)(F)CC1.C[C@@H](N)C1CCC(F)(F)CC1.C[C@@H](N=[N+]=[N-])C1CCC(F)(F)CC1.C[C@H](C(=O)O)C1CCC(F)(F)CC1.O=CO.[Li+].[N-]=[N+]=N[C@H](C(=O)O)C1CCC(F)(F)CC1.[OH-]. The van der Waals surface area contributed by atoms with Crippen molar-refractivity contribution >= 4 is 30.4 Å². The van der Waals surface area contributed by atoms with E-state index in [1.807, 2.05) is 6.92 Å². The summed E-state index contributed by atoms with van der Waals surface area (Å²) < 4.78 is 133. The maximum absolute atomic E-state index is 13.2. The molecule has 6 atom stereocenters. The van der Waals surface area contributed by atoms with Crippen molar-refractivity contribution in [2.75, 3.05) is 6.61 Å². The van der Waals surface area contributed by atoms with Crippen LogP contribution in [0.2, 0.25) is 0 Å². The van der Waals surface area contributed by atoms with E-state index >= 15 is 0 Å². The molecule has 0 aromatic heterocycles. The van der Waals surface area contributed by atoms with E-state index in [9.17, 15) is 63.1 Å². The quantitative estimate of drug-likeness (QED) is 0.0355. The van der Waals surface area contributed by atoms with Crippen LogP contribution in [0, 0.1) is 35.5 Å². The molecule has 0 radical (unpaired) electrons. The summed E-state index contributed by atoms with van der Waals surface area (Å²) in [6.07, 6.45) is 1.13. The van der Waals surface area contributed by atoms with Gasteiger partial charge in [0.15, 0.2) is 0 Å². The van der Waals surface area contributed by atoms with Gasteiger partial charge in [0.25, 0.3) is 6.47 Å². The first-order valence-electron chi connectivity index (χ1n) is 25.6. The number of amides is 2. The molecule has 6 aliphatic rings. The van der Waals surface area contributed by atoms with E-state index in [0.717, 1.165) is 4.90 Å². The van der Waals surface area contributed by atoms with Gasteiger partial charge >= 0.3 is 36.9 Å². The molecule has 0 unspecified atom stereocenters. The Bertz CT molecular complexity index is 1980. The van der Waals surface area contributed by atoms with Crippen molar-refractivity contribution in [2.45, 2.75) is 230 Å². The Kier molecular flexibility index (Phi) is 36.9. The minimum atomic E-state index is -2.74. The van der Waals surface area contributed by atoms with Crippen LogP contribution < -0.4 is 24.6 Å². The summed E-state index contributed by atoms with van der Waals surface area (Å²) in [5.41, 5.74) is 30.6. The van der Waals surface area contributed by atoms with Crippen LogP contribution in [0.4, 0.5) is 48.7 Å². The van der Waals surface area contributed by atoms with E-state index in [2.05, 4.69) is 30.1 Å². The first kappa shape index (κ1) is 79.3. The second-order valence-corrected chi connectivity index (χ2v) is 20.5. The monoisotopic (exact) mass is 1170 g/mol. The van der Waals surface area contributed by atoms with Crippen LogP contribution in [0.25, 0.3) is 31.3 Å². The first-order chi connectivity index (χ1) is 35.8. The Balaban J connectivity index is -0.000000925. The molecule has 0 spiro atoms. The number of ether oxygens (including phenoxy) is 1. The number of nitrogens with zero attached hydrogens (tertiary/aromatic N) is 10. The van der Waals surface area contributed by atoms with Crippen molar-refractivity contribution in [3.63, 3.8) is 0 Å². The number of hydrogen-bond donors (Lipinski definition) is 4. The largest absolute Gasteiger partial charge is 1.00 e. The van der Waals surface area contributed by atoms with Gasteiger partial charge in [0.05, 0.1) is 12.0 Å². The zero-order valence-corrected chi connectivity index (χ0v) is 45.1. The fraction of sp³-hybridized carbons (Fsp3) is 0.896. The normalized spacial score (nSPS) is 23.7. The Labute approximate surface area is 470 Å². The van der Waals surface area contributed by atoms with E-state index in [4.69, 9.17) is 47.2 Å². The molecule has 6 N–H and O–H groups in total. The fourth-order valence-electron chi connectivity index (χ4n) is 9.80. The van der Waals surface area contributed by atoms with Crippen molar-refractivity contribution in [3.8, 4) is 0 Å². The molecule has 1 heterocycles. The number of hydrogen-bond acceptors (Lipinski definition) is 11. The first-order valence-corrected chi connectivity index (χ1v) is 25.6. The zero-order chi connectivity index (χ0) is 59.0. The standard InChI is InChI=1S/C13H18F2N4O3.C9H14F2O2.C8H11F2N3O2.C8H13F2N3.C8H15F2N.CH2O2.CH4.Li.H2O/c1-2-9-7-22-12(21)19(9)11(20)10(17-18-16)8-3-5-13(14,15)6-4-8;1-6(8(12)13)7-2-4-9(10,11)5-3-7;9-8(10)3-1-5(2-4-8)6(7(14)15)12-13-11;1-6(12-13-11)7-2-4-8(9,10)5-3-7;1-6(11)7-2-4-8(9,10)5-3-7;2-1-3;;;/h8-10H,2-7H2,1H3;6-7H,2-5H2,1H3,(H,12,13);5-6H,1-4H2,(H,14,15);6-7H,2-5H2,1H3;6-7H,2-5,11H2,1H3;1H,(H,2,3);1H4;;1H2/q;;;;;;;+1;/p-1/t9-,10-;4*6-;;;;/m00011..../s1. The summed E-state index contributed by atoms with van der Waals surface area (Å²) in [6.45, 7) is 6.93. The van der Waals surface area contributed by atoms with E-state index in [1.165, 1.54) is 0 Å². The number of carboxylic acid groups (broad SMARTS) is 3. The van der Waals surface area contributed by atoms with Crippen LogP contribution in [-0.4, -0.2) is 123 Å². The molecule has 0 bridgehead atoms. The molecular weight excluding hydrogens is 1090 g/mol. The average Bonchev–Trinajstić information content (AvgIpc) is 3.73. The minimum Gasteiger partial charge on any atom is -0.870 e. The predicted octanol–water partition coefficient (Wildman–Crippen LogP) is 11.2. The summed E-state index contributed by atoms with van der Waals surface area (Å²) in [6, 6.07) is -2.83. The number of carboxylic acids is 2. The molecule has 32 heteroatoms. The van der Waals surface area contributed by atoms with Crippen LogP contribution in [0.5, 0.6) is 0 Å². The molecule has 21 nitrogen and oxygen atoms in total. The van der Waals surface area contributed by atoms with Gasteiger partial charge in [0.2, 0.25) is 35.5 Å². The van der Waals surface area contributed by atoms with E-state index in [-0.39, 0.29) is 159 Å². The summed E-state index contributed by atoms with van der Waals surface area (Å²) in [5.74, 6) is -16.7. The molecule has 0 aromatic carbocycles. The topological polar surface area (TPSA) is 361 Å². The van der Waals surface area contributed by atoms with Crippen molar-refractivity contribution in [2.24, 2.45) is 56.6 Å². The molecule has 5 aliphatic carbocycles. The Morgan fingerprint density at radius 2 is 0.925 bits per heavy atom. The molecule has 1 aliphatic heterocycles. The average molecular weight is 1170 g/mol. The van der Waals surface area contributed by atoms with Crippen LogP contribution in [0.15, 0.2) is 15.3 Å². The van der Waals surface area contributed by atoms with Gasteiger partial charge in [0, 0.05) is 91.0 Å². The number of rotatable bonds is 12. The second-order valence-electron chi connectivity index (χ2n) is 20.5. The third-order valence-electron chi connectivity index (χ3n) is 15.0. The Morgan fingerprint density at radius 3 is 1.23 bits per heavy atom. The summed E-state index contributed by atoms with van der Waals surface area (Å²) >= 11 is 0. The van der Waals surface area contributed by atoms with E-state index < -0.39 is 89.4 Å². The van der Waals surface area contributed by atoms with Crippen LogP contribution in [-0.2, 0) is 23.9 Å². The van der Waals surface area contributed by atoms with Crippen LogP contribution in [0.3, 0.4) is 0 Å². The van der Waals surface area contributed by atoms with Crippen LogP contribution >= 0.6 is 0 Å². The summed E-state index contributed by atoms with van der Waals surface area (Å²) in [5, 5.41) is 34.4. The Morgan fingerprint density at radius 1 is 0.625 bits per heavy atom. The molecule has 2 amide bonds. The zero-order valence-electron chi connectivity index (χ0n) is 45.1. The fourth-order valence-corrected chi connectivity index (χ4v) is 9.80. The molecule has 1 saturated heterocycles. The minimum absolute atomic E-state index is 0. The summed E-state index contributed by atoms with van der Waals surface area (Å²) in [7, 11) is 0. The third kappa shape index (κ3) is 28.7. The third-order valence-corrected chi connectivity index (χ3v) is 15.0. The number of imide groups is 1. The number of carbonyl (C=O) groups excluding carboxylic acids is 2. The second kappa shape index (κ2) is 37.2. The summed E-state index contributed by atoms with van der Waals surface area (Å²) in [4.78, 5) is 62.6. The number of halogens is 10. The van der Waals surface area contributed by atoms with Crippen molar-refractivity contribution in [3.05, 3.63) is 31.3 Å². The van der Waals surface area contributed by atoms with E-state index in [0.29, 0.717) is 50.9 Å². The molecule has 80 heavy (non-hydrogen) atoms. The number of azide groups is 3. The number of nitrogens with two attached hydrogens (primary N) is 1. The molecule has 0 aromatic rings. The number of carbonyl (C=O) groups is 5. The van der Waals surface area contributed by atoms with Gasteiger partial charge in [0.1, 0.15) is 18.7 Å². The predicted molar refractivity (Wildman–Crippen MR) is 267 cm³/mol. The van der Waals surface area contributed by atoms with Gasteiger partial charge < -0.3 is 31.3 Å². The van der Waals surface area contributed by atoms with Crippen molar-refractivity contribution in [1.29, 1.82) is 0 Å². The van der Waals surface area contributed by atoms with Gasteiger partial charge in [-0.15, -0.1) is 0 Å². The van der Waals surface area contributed by atoms with E-state index in [1.54, 1.807) is 20.8 Å². The maximum Gasteiger partial charge on any atom is 1.00 e. The number of cyclic esters (lactones) is 1. The van der Waals surface area contributed by atoms with Gasteiger partial charge in [-0.25, -0.2) is 53.6 Å². The molecule has 6 rings (SSSR count). The van der Waals surface area contributed by atoms with Crippen molar-refractivity contribution < 1.29 is 112 Å². The smallest absolute Gasteiger partial charge is 0.870 e. The van der Waals surface area contributed by atoms with Gasteiger partial charge in [-0.2, -0.15) is 0 Å². The molecule has 456 valence electrons. The maximum atomic E-state index is 13.2. The Hall–Kier alpha value is -4.90.